The third kappa shape index (κ3) is 4.62. The van der Waals surface area contributed by atoms with Crippen LogP contribution in [0.3, 0.4) is 0 Å². The summed E-state index contributed by atoms with van der Waals surface area (Å²) in [6.07, 6.45) is 0.467. The predicted octanol–water partition coefficient (Wildman–Crippen LogP) is 3.56. The van der Waals surface area contributed by atoms with Crippen molar-refractivity contribution in [1.82, 2.24) is 0 Å². The summed E-state index contributed by atoms with van der Waals surface area (Å²) in [5, 5.41) is 0. The standard InChI is InChI=1S/C13H20O2Si/c1-11(12-8-6-5-7-9-12)10-13(14)15-16(2,3)4/h5-9,11H,10H2,1-4H3. The van der Waals surface area contributed by atoms with Crippen LogP contribution in [0.5, 0.6) is 0 Å². The Morgan fingerprint density at radius 1 is 1.25 bits per heavy atom. The summed E-state index contributed by atoms with van der Waals surface area (Å²) in [4.78, 5) is 11.7. The first-order valence-electron chi connectivity index (χ1n) is 5.65. The summed E-state index contributed by atoms with van der Waals surface area (Å²) in [6, 6.07) is 10.1. The first kappa shape index (κ1) is 13.0. The summed E-state index contributed by atoms with van der Waals surface area (Å²) < 4.78 is 5.43. The van der Waals surface area contributed by atoms with Crippen molar-refractivity contribution in [3.63, 3.8) is 0 Å². The Kier molecular flexibility index (Phi) is 4.30. The molecule has 1 unspecified atom stereocenters. The van der Waals surface area contributed by atoms with Gasteiger partial charge in [-0.15, -0.1) is 0 Å². The zero-order valence-electron chi connectivity index (χ0n) is 10.5. The van der Waals surface area contributed by atoms with Crippen LogP contribution in [0.15, 0.2) is 30.3 Å². The first-order chi connectivity index (χ1) is 7.38. The molecule has 0 aliphatic heterocycles. The van der Waals surface area contributed by atoms with Crippen LogP contribution in [0, 0.1) is 0 Å². The van der Waals surface area contributed by atoms with E-state index in [1.54, 1.807) is 0 Å². The van der Waals surface area contributed by atoms with Crippen LogP contribution < -0.4 is 0 Å². The summed E-state index contributed by atoms with van der Waals surface area (Å²) in [6.45, 7) is 8.13. The first-order valence-corrected chi connectivity index (χ1v) is 9.06. The highest BCUT2D eigenvalue weighted by molar-refractivity contribution is 6.71. The van der Waals surface area contributed by atoms with E-state index in [-0.39, 0.29) is 11.9 Å². The third-order valence-electron chi connectivity index (χ3n) is 2.26. The molecule has 1 rings (SSSR count). The number of rotatable bonds is 4. The number of benzene rings is 1. The summed E-state index contributed by atoms with van der Waals surface area (Å²) in [7, 11) is -1.74. The molecule has 0 amide bonds. The Morgan fingerprint density at radius 3 is 2.31 bits per heavy atom. The van der Waals surface area contributed by atoms with Crippen LogP contribution >= 0.6 is 0 Å². The Labute approximate surface area is 98.8 Å². The minimum absolute atomic E-state index is 0.0736. The molecular weight excluding hydrogens is 216 g/mol. The van der Waals surface area contributed by atoms with Crippen molar-refractivity contribution in [1.29, 1.82) is 0 Å². The average molecular weight is 236 g/mol. The zero-order valence-corrected chi connectivity index (χ0v) is 11.5. The Morgan fingerprint density at radius 2 is 1.81 bits per heavy atom. The maximum absolute atomic E-state index is 11.7. The van der Waals surface area contributed by atoms with Crippen LogP contribution in [-0.4, -0.2) is 14.3 Å². The van der Waals surface area contributed by atoms with Gasteiger partial charge in [0.25, 0.3) is 5.97 Å². The second-order valence-corrected chi connectivity index (χ2v) is 9.53. The molecule has 1 atom stereocenters. The van der Waals surface area contributed by atoms with Gasteiger partial charge < -0.3 is 4.43 Å². The largest absolute Gasteiger partial charge is 0.520 e. The lowest BCUT2D eigenvalue weighted by Gasteiger charge is -2.19. The van der Waals surface area contributed by atoms with Gasteiger partial charge in [0, 0.05) is 0 Å². The van der Waals surface area contributed by atoms with Gasteiger partial charge in [-0.25, -0.2) is 0 Å². The Balaban J connectivity index is 2.52. The summed E-state index contributed by atoms with van der Waals surface area (Å²) in [5.41, 5.74) is 1.19. The van der Waals surface area contributed by atoms with Crippen LogP contribution in [0.25, 0.3) is 0 Å². The molecule has 0 heterocycles. The molecule has 16 heavy (non-hydrogen) atoms. The van der Waals surface area contributed by atoms with Gasteiger partial charge in [0.1, 0.15) is 0 Å². The highest BCUT2D eigenvalue weighted by atomic mass is 28.4. The fourth-order valence-corrected chi connectivity index (χ4v) is 2.30. The molecule has 2 nitrogen and oxygen atoms in total. The lowest BCUT2D eigenvalue weighted by atomic mass is 9.98. The van der Waals surface area contributed by atoms with Crippen molar-refractivity contribution in [2.75, 3.05) is 0 Å². The molecular formula is C13H20O2Si. The second kappa shape index (κ2) is 5.30. The smallest absolute Gasteiger partial charge is 0.293 e. The van der Waals surface area contributed by atoms with Crippen LogP contribution in [0.1, 0.15) is 24.8 Å². The van der Waals surface area contributed by atoms with Crippen molar-refractivity contribution >= 4 is 14.3 Å². The highest BCUT2D eigenvalue weighted by Crippen LogP contribution is 2.19. The van der Waals surface area contributed by atoms with E-state index in [0.717, 1.165) is 0 Å². The normalized spacial score (nSPS) is 13.2. The van der Waals surface area contributed by atoms with Gasteiger partial charge in [-0.05, 0) is 31.1 Å². The lowest BCUT2D eigenvalue weighted by Crippen LogP contribution is -2.29. The SMILES string of the molecule is CC(CC(=O)O[Si](C)(C)C)c1ccccc1. The number of carbonyl (C=O) groups is 1. The maximum Gasteiger partial charge on any atom is 0.293 e. The number of carbonyl (C=O) groups excluding carboxylic acids is 1. The number of hydrogen-bond acceptors (Lipinski definition) is 2. The fourth-order valence-electron chi connectivity index (χ4n) is 1.53. The van der Waals surface area contributed by atoms with Crippen LogP contribution in [-0.2, 0) is 9.22 Å². The molecule has 0 saturated carbocycles. The highest BCUT2D eigenvalue weighted by Gasteiger charge is 2.21. The molecule has 0 saturated heterocycles. The van der Waals surface area contributed by atoms with Crippen molar-refractivity contribution in [3.8, 4) is 0 Å². The quantitative estimate of drug-likeness (QED) is 0.747. The van der Waals surface area contributed by atoms with Gasteiger partial charge in [-0.2, -0.15) is 0 Å². The number of hydrogen-bond donors (Lipinski definition) is 0. The summed E-state index contributed by atoms with van der Waals surface area (Å²) >= 11 is 0. The van der Waals surface area contributed by atoms with Crippen LogP contribution in [0.4, 0.5) is 0 Å². The zero-order chi connectivity index (χ0) is 12.2. The second-order valence-electron chi connectivity index (χ2n) is 5.10. The molecule has 0 aromatic heterocycles. The third-order valence-corrected chi connectivity index (χ3v) is 3.10. The molecule has 0 N–H and O–H groups in total. The van der Waals surface area contributed by atoms with E-state index in [4.69, 9.17) is 4.43 Å². The van der Waals surface area contributed by atoms with Gasteiger partial charge in [-0.3, -0.25) is 4.79 Å². The topological polar surface area (TPSA) is 26.3 Å². The molecule has 0 aliphatic carbocycles. The van der Waals surface area contributed by atoms with E-state index in [2.05, 4.69) is 6.92 Å². The Bertz CT molecular complexity index is 341. The molecule has 0 fully saturated rings. The molecule has 0 radical (unpaired) electrons. The van der Waals surface area contributed by atoms with Gasteiger partial charge in [-0.1, -0.05) is 37.3 Å². The van der Waals surface area contributed by atoms with Gasteiger partial charge in [0.05, 0.1) is 6.42 Å². The van der Waals surface area contributed by atoms with Crippen molar-refractivity contribution in [2.24, 2.45) is 0 Å². The van der Waals surface area contributed by atoms with Crippen LogP contribution in [0.2, 0.25) is 19.6 Å². The van der Waals surface area contributed by atoms with E-state index in [9.17, 15) is 4.79 Å². The van der Waals surface area contributed by atoms with Gasteiger partial charge in [0.15, 0.2) is 0 Å². The molecule has 0 bridgehead atoms. The monoisotopic (exact) mass is 236 g/mol. The van der Waals surface area contributed by atoms with Crippen molar-refractivity contribution in [2.45, 2.75) is 38.9 Å². The molecule has 1 aromatic rings. The van der Waals surface area contributed by atoms with Crippen molar-refractivity contribution in [3.05, 3.63) is 35.9 Å². The molecule has 1 aromatic carbocycles. The van der Waals surface area contributed by atoms with E-state index in [1.165, 1.54) is 5.56 Å². The van der Waals surface area contributed by atoms with E-state index < -0.39 is 8.32 Å². The van der Waals surface area contributed by atoms with Crippen molar-refractivity contribution < 1.29 is 9.22 Å². The van der Waals surface area contributed by atoms with E-state index >= 15 is 0 Å². The average Bonchev–Trinajstić information content (AvgIpc) is 2.16. The fraction of sp³-hybridized carbons (Fsp3) is 0.462. The maximum atomic E-state index is 11.7. The van der Waals surface area contributed by atoms with Gasteiger partial charge >= 0.3 is 0 Å². The predicted molar refractivity (Wildman–Crippen MR) is 68.9 cm³/mol. The van der Waals surface area contributed by atoms with E-state index in [1.807, 2.05) is 50.0 Å². The minimum atomic E-state index is -1.74. The molecule has 0 aliphatic rings. The lowest BCUT2D eigenvalue weighted by molar-refractivity contribution is -0.135. The molecule has 3 heteroatoms. The summed E-state index contributed by atoms with van der Waals surface area (Å²) in [5.74, 6) is 0.153. The van der Waals surface area contributed by atoms with Gasteiger partial charge in [0.2, 0.25) is 8.32 Å². The minimum Gasteiger partial charge on any atom is -0.520 e. The Hall–Kier alpha value is -1.09. The molecule has 88 valence electrons. The van der Waals surface area contributed by atoms with E-state index in [0.29, 0.717) is 6.42 Å². The molecule has 0 spiro atoms.